The number of benzene rings is 1. The number of aryl methyl sites for hydroxylation is 2. The first kappa shape index (κ1) is 21.3. The Labute approximate surface area is 174 Å². The highest BCUT2D eigenvalue weighted by atomic mass is 16.1. The second kappa shape index (κ2) is 10.4. The first-order valence-electron chi connectivity index (χ1n) is 11.1. The van der Waals surface area contributed by atoms with E-state index in [1.165, 1.54) is 32.1 Å². The summed E-state index contributed by atoms with van der Waals surface area (Å²) in [7, 11) is 0. The Morgan fingerprint density at radius 1 is 1.10 bits per heavy atom. The van der Waals surface area contributed by atoms with Crippen LogP contribution in [0.5, 0.6) is 0 Å². The van der Waals surface area contributed by atoms with Crippen LogP contribution in [0.2, 0.25) is 0 Å². The van der Waals surface area contributed by atoms with E-state index >= 15 is 0 Å². The van der Waals surface area contributed by atoms with Gasteiger partial charge in [0.25, 0.3) is 0 Å². The molecule has 1 heterocycles. The number of aromatic nitrogens is 2. The SMILES string of the molecule is CCCCC1CCC(C(=O)Nc2cc(Nc3cc(C)ncn3)ccc2CC)CC1. The van der Waals surface area contributed by atoms with Crippen LogP contribution in [-0.2, 0) is 11.2 Å². The quantitative estimate of drug-likeness (QED) is 0.574. The Balaban J connectivity index is 1.64. The Bertz CT molecular complexity index is 812. The maximum Gasteiger partial charge on any atom is 0.227 e. The van der Waals surface area contributed by atoms with Crippen LogP contribution in [0.1, 0.15) is 70.1 Å². The van der Waals surface area contributed by atoms with Crippen LogP contribution in [0, 0.1) is 18.8 Å². The van der Waals surface area contributed by atoms with Crippen molar-refractivity contribution >= 4 is 23.1 Å². The second-order valence-corrected chi connectivity index (χ2v) is 8.24. The molecule has 1 aliphatic rings. The Morgan fingerprint density at radius 2 is 1.90 bits per heavy atom. The molecule has 0 aliphatic heterocycles. The van der Waals surface area contributed by atoms with E-state index in [0.29, 0.717) is 0 Å². The van der Waals surface area contributed by atoms with Crippen molar-refractivity contribution in [3.8, 4) is 0 Å². The average Bonchev–Trinajstić information content (AvgIpc) is 2.73. The van der Waals surface area contributed by atoms with E-state index in [1.807, 2.05) is 25.1 Å². The van der Waals surface area contributed by atoms with Crippen LogP contribution in [0.3, 0.4) is 0 Å². The predicted octanol–water partition coefficient (Wildman–Crippen LogP) is 6.03. The van der Waals surface area contributed by atoms with E-state index in [4.69, 9.17) is 0 Å². The molecule has 1 aliphatic carbocycles. The Kier molecular flexibility index (Phi) is 7.62. The molecule has 1 aromatic carbocycles. The molecule has 2 N–H and O–H groups in total. The minimum absolute atomic E-state index is 0.138. The summed E-state index contributed by atoms with van der Waals surface area (Å²) in [6.07, 6.45) is 10.7. The van der Waals surface area contributed by atoms with Gasteiger partial charge < -0.3 is 10.6 Å². The molecule has 5 nitrogen and oxygen atoms in total. The van der Waals surface area contributed by atoms with Gasteiger partial charge >= 0.3 is 0 Å². The van der Waals surface area contributed by atoms with E-state index in [2.05, 4.69) is 40.5 Å². The van der Waals surface area contributed by atoms with Gasteiger partial charge in [-0.25, -0.2) is 9.97 Å². The normalized spacial score (nSPS) is 19.0. The molecule has 0 spiro atoms. The van der Waals surface area contributed by atoms with Gasteiger partial charge in [-0.05, 0) is 62.6 Å². The van der Waals surface area contributed by atoms with Crippen LogP contribution >= 0.6 is 0 Å². The third kappa shape index (κ3) is 6.02. The summed E-state index contributed by atoms with van der Waals surface area (Å²) < 4.78 is 0. The summed E-state index contributed by atoms with van der Waals surface area (Å²) in [5.74, 6) is 1.88. The van der Waals surface area contributed by atoms with Crippen molar-refractivity contribution in [2.24, 2.45) is 11.8 Å². The first-order valence-corrected chi connectivity index (χ1v) is 11.1. The van der Waals surface area contributed by atoms with Gasteiger partial charge in [0.2, 0.25) is 5.91 Å². The molecule has 0 unspecified atom stereocenters. The molecule has 1 amide bonds. The van der Waals surface area contributed by atoms with Gasteiger partial charge in [-0.3, -0.25) is 4.79 Å². The smallest absolute Gasteiger partial charge is 0.227 e. The summed E-state index contributed by atoms with van der Waals surface area (Å²) in [5.41, 5.74) is 3.88. The lowest BCUT2D eigenvalue weighted by molar-refractivity contribution is -0.121. The van der Waals surface area contributed by atoms with Crippen molar-refractivity contribution in [2.75, 3.05) is 10.6 Å². The predicted molar refractivity (Wildman–Crippen MR) is 119 cm³/mol. The van der Waals surface area contributed by atoms with Crippen molar-refractivity contribution in [1.29, 1.82) is 0 Å². The zero-order chi connectivity index (χ0) is 20.6. The van der Waals surface area contributed by atoms with Gasteiger partial charge in [-0.1, -0.05) is 39.2 Å². The lowest BCUT2D eigenvalue weighted by Crippen LogP contribution is -2.27. The molecule has 5 heteroatoms. The number of nitrogens with one attached hydrogen (secondary N) is 2. The van der Waals surface area contributed by atoms with E-state index in [1.54, 1.807) is 6.33 Å². The summed E-state index contributed by atoms with van der Waals surface area (Å²) in [6.45, 7) is 6.31. The van der Waals surface area contributed by atoms with Crippen molar-refractivity contribution < 1.29 is 4.79 Å². The van der Waals surface area contributed by atoms with E-state index < -0.39 is 0 Å². The lowest BCUT2D eigenvalue weighted by atomic mass is 9.79. The fraction of sp³-hybridized carbons (Fsp3) is 0.542. The summed E-state index contributed by atoms with van der Waals surface area (Å²) in [5, 5.41) is 6.53. The zero-order valence-electron chi connectivity index (χ0n) is 18.0. The summed E-state index contributed by atoms with van der Waals surface area (Å²) in [4.78, 5) is 21.3. The highest BCUT2D eigenvalue weighted by Gasteiger charge is 2.26. The Morgan fingerprint density at radius 3 is 2.59 bits per heavy atom. The van der Waals surface area contributed by atoms with Crippen molar-refractivity contribution in [1.82, 2.24) is 9.97 Å². The molecule has 1 aromatic heterocycles. The van der Waals surface area contributed by atoms with Crippen molar-refractivity contribution in [2.45, 2.75) is 72.1 Å². The molecule has 156 valence electrons. The summed E-state index contributed by atoms with van der Waals surface area (Å²) >= 11 is 0. The molecule has 29 heavy (non-hydrogen) atoms. The molecule has 0 radical (unpaired) electrons. The monoisotopic (exact) mass is 394 g/mol. The molecule has 1 saturated carbocycles. The van der Waals surface area contributed by atoms with E-state index in [-0.39, 0.29) is 11.8 Å². The molecule has 0 bridgehead atoms. The van der Waals surface area contributed by atoms with Gasteiger partial charge in [0, 0.05) is 29.1 Å². The van der Waals surface area contributed by atoms with Crippen LogP contribution in [0.4, 0.5) is 17.2 Å². The van der Waals surface area contributed by atoms with Crippen LogP contribution < -0.4 is 10.6 Å². The van der Waals surface area contributed by atoms with Gasteiger partial charge in [-0.15, -0.1) is 0 Å². The third-order valence-corrected chi connectivity index (χ3v) is 6.01. The minimum atomic E-state index is 0.138. The molecular weight excluding hydrogens is 360 g/mol. The number of hydrogen-bond donors (Lipinski definition) is 2. The van der Waals surface area contributed by atoms with Crippen LogP contribution in [0.25, 0.3) is 0 Å². The van der Waals surface area contributed by atoms with E-state index in [9.17, 15) is 4.79 Å². The van der Waals surface area contributed by atoms with Crippen LogP contribution in [-0.4, -0.2) is 15.9 Å². The van der Waals surface area contributed by atoms with Gasteiger partial charge in [0.05, 0.1) is 0 Å². The third-order valence-electron chi connectivity index (χ3n) is 6.01. The minimum Gasteiger partial charge on any atom is -0.340 e. The largest absolute Gasteiger partial charge is 0.340 e. The molecule has 2 aromatic rings. The number of anilines is 3. The molecule has 1 fully saturated rings. The number of amides is 1. The number of hydrogen-bond acceptors (Lipinski definition) is 4. The Hall–Kier alpha value is -2.43. The van der Waals surface area contributed by atoms with Crippen molar-refractivity contribution in [3.05, 3.63) is 41.9 Å². The maximum atomic E-state index is 12.9. The fourth-order valence-corrected chi connectivity index (χ4v) is 4.19. The molecule has 3 rings (SSSR count). The zero-order valence-corrected chi connectivity index (χ0v) is 18.0. The van der Waals surface area contributed by atoms with Crippen molar-refractivity contribution in [3.63, 3.8) is 0 Å². The molecular formula is C24H34N4O. The summed E-state index contributed by atoms with van der Waals surface area (Å²) in [6, 6.07) is 8.03. The topological polar surface area (TPSA) is 66.9 Å². The van der Waals surface area contributed by atoms with E-state index in [0.717, 1.165) is 53.6 Å². The standard InChI is InChI=1S/C24H34N4O/c1-4-6-7-18-8-10-20(11-9-18)24(29)28-22-15-21(13-12-19(22)5-2)27-23-14-17(3)25-16-26-23/h12-16,18,20H,4-11H2,1-3H3,(H,28,29)(H,25,26,27). The number of carbonyl (C=O) groups excluding carboxylic acids is 1. The van der Waals surface area contributed by atoms with Gasteiger partial charge in [-0.2, -0.15) is 0 Å². The number of rotatable bonds is 8. The number of carbonyl (C=O) groups is 1. The first-order chi connectivity index (χ1) is 14.1. The number of nitrogens with zero attached hydrogens (tertiary/aromatic N) is 2. The lowest BCUT2D eigenvalue weighted by Gasteiger charge is -2.28. The van der Waals surface area contributed by atoms with Crippen LogP contribution in [0.15, 0.2) is 30.6 Å². The maximum absolute atomic E-state index is 12.9. The highest BCUT2D eigenvalue weighted by molar-refractivity contribution is 5.94. The average molecular weight is 395 g/mol. The van der Waals surface area contributed by atoms with Gasteiger partial charge in [0.1, 0.15) is 12.1 Å². The molecule has 0 saturated heterocycles. The second-order valence-electron chi connectivity index (χ2n) is 8.24. The number of unbranched alkanes of at least 4 members (excludes halogenated alkanes) is 1. The molecule has 0 atom stereocenters. The van der Waals surface area contributed by atoms with Gasteiger partial charge in [0.15, 0.2) is 0 Å². The fourth-order valence-electron chi connectivity index (χ4n) is 4.19. The highest BCUT2D eigenvalue weighted by Crippen LogP contribution is 2.33.